The number of benzene rings is 1. The molecule has 1 aromatic carbocycles. The Kier molecular flexibility index (Phi) is 11.3. The lowest BCUT2D eigenvalue weighted by molar-refractivity contribution is -0.171. The minimum atomic E-state index is -4.63. The minimum Gasteiger partial charge on any atom is -0.480 e. The third kappa shape index (κ3) is 8.76. The fraction of sp³-hybridized carbons (Fsp3) is 0.613. The number of nitrogens with one attached hydrogen (secondary N) is 2. The van der Waals surface area contributed by atoms with Crippen molar-refractivity contribution in [2.45, 2.75) is 102 Å². The van der Waals surface area contributed by atoms with E-state index < -0.39 is 77.2 Å². The van der Waals surface area contributed by atoms with E-state index in [0.717, 1.165) is 0 Å². The fourth-order valence-corrected chi connectivity index (χ4v) is 5.53. The molecule has 3 rings (SSSR count). The number of aliphatic carboxylic acids is 1. The third-order valence-electron chi connectivity index (χ3n) is 7.74. The Balaban J connectivity index is 1.84. The van der Waals surface area contributed by atoms with E-state index in [1.54, 1.807) is 65.0 Å². The molecule has 0 saturated carbocycles. The number of nitrogens with zero attached hydrogens (tertiary/aromatic N) is 2. The van der Waals surface area contributed by atoms with Crippen LogP contribution in [0.2, 0.25) is 0 Å². The number of likely N-dealkylation sites (tertiary alicyclic amines) is 2. The van der Waals surface area contributed by atoms with Gasteiger partial charge >= 0.3 is 23.9 Å². The highest BCUT2D eigenvalue weighted by molar-refractivity contribution is 6.11. The second-order valence-electron chi connectivity index (χ2n) is 12.7. The molecule has 2 saturated heterocycles. The van der Waals surface area contributed by atoms with Crippen LogP contribution in [-0.4, -0.2) is 99.3 Å². The molecule has 0 aromatic heterocycles. The van der Waals surface area contributed by atoms with E-state index in [1.807, 2.05) is 0 Å². The maximum Gasteiger partial charge on any atom is 0.408 e. The molecule has 1 aromatic rings. The number of alkyl carbamates (subject to hydrolysis) is 1. The Morgan fingerprint density at radius 2 is 1.51 bits per heavy atom. The van der Waals surface area contributed by atoms with Crippen LogP contribution >= 0.6 is 0 Å². The molecule has 4 amide bonds. The van der Waals surface area contributed by atoms with Crippen molar-refractivity contribution in [3.05, 3.63) is 35.9 Å². The third-order valence-corrected chi connectivity index (χ3v) is 7.74. The van der Waals surface area contributed by atoms with Gasteiger partial charge in [-0.3, -0.25) is 19.2 Å². The smallest absolute Gasteiger partial charge is 0.408 e. The second-order valence-corrected chi connectivity index (χ2v) is 12.7. The summed E-state index contributed by atoms with van der Waals surface area (Å²) in [5, 5.41) is 14.3. The van der Waals surface area contributed by atoms with Crippen molar-refractivity contribution in [1.82, 2.24) is 20.4 Å². The lowest BCUT2D eigenvalue weighted by atomic mass is 9.97. The van der Waals surface area contributed by atoms with Crippen LogP contribution in [-0.2, 0) is 35.1 Å². The van der Waals surface area contributed by atoms with Gasteiger partial charge in [-0.25, -0.2) is 9.59 Å². The van der Waals surface area contributed by atoms with E-state index in [0.29, 0.717) is 16.9 Å². The summed E-state index contributed by atoms with van der Waals surface area (Å²) >= 11 is 0. The lowest BCUT2D eigenvalue weighted by Gasteiger charge is -2.32. The molecule has 12 nitrogen and oxygen atoms in total. The summed E-state index contributed by atoms with van der Waals surface area (Å²) in [5.74, 6) is -11.7. The summed E-state index contributed by atoms with van der Waals surface area (Å²) in [6.45, 7) is 8.30. The normalized spacial score (nSPS) is 20.0. The highest BCUT2D eigenvalue weighted by Gasteiger charge is 2.55. The van der Waals surface area contributed by atoms with Gasteiger partial charge in [-0.1, -0.05) is 44.2 Å². The fourth-order valence-electron chi connectivity index (χ4n) is 5.53. The van der Waals surface area contributed by atoms with Gasteiger partial charge in [0.15, 0.2) is 0 Å². The average Bonchev–Trinajstić information content (AvgIpc) is 3.64. The predicted octanol–water partition coefficient (Wildman–Crippen LogP) is 2.53. The Morgan fingerprint density at radius 1 is 0.933 bits per heavy atom. The van der Waals surface area contributed by atoms with Crippen molar-refractivity contribution in [2.75, 3.05) is 13.1 Å². The van der Waals surface area contributed by atoms with E-state index in [9.17, 15) is 33.9 Å². The number of carbonyl (C=O) groups excluding carboxylic acids is 5. The van der Waals surface area contributed by atoms with Crippen LogP contribution in [0, 0.1) is 5.92 Å². The number of ketones is 1. The molecule has 0 radical (unpaired) electrons. The first-order chi connectivity index (χ1) is 20.9. The first kappa shape index (κ1) is 35.4. The summed E-state index contributed by atoms with van der Waals surface area (Å²) in [6, 6.07) is 2.49. The van der Waals surface area contributed by atoms with Crippen LogP contribution in [0.5, 0.6) is 0 Å². The topological polar surface area (TPSA) is 162 Å². The molecular weight excluding hydrogens is 594 g/mol. The summed E-state index contributed by atoms with van der Waals surface area (Å²) < 4.78 is 36.3. The number of carbonyl (C=O) groups is 6. The molecule has 0 bridgehead atoms. The summed E-state index contributed by atoms with van der Waals surface area (Å²) in [4.78, 5) is 79.1. The van der Waals surface area contributed by atoms with Crippen molar-refractivity contribution in [3.63, 3.8) is 0 Å². The molecule has 2 heterocycles. The minimum absolute atomic E-state index is 0.0266. The van der Waals surface area contributed by atoms with Gasteiger partial charge in [0.25, 0.3) is 0 Å². The van der Waals surface area contributed by atoms with E-state index in [4.69, 9.17) is 4.74 Å². The molecule has 3 N–H and O–H groups in total. The molecule has 2 aliphatic rings. The van der Waals surface area contributed by atoms with Crippen molar-refractivity contribution in [3.8, 4) is 0 Å². The Bertz CT molecular complexity index is 1280. The maximum absolute atomic E-state index is 15.5. The van der Waals surface area contributed by atoms with Gasteiger partial charge < -0.3 is 30.3 Å². The Labute approximate surface area is 260 Å². The standard InChI is InChI=1S/C31H42F2N4O8/c1-18(2)23(35-29(44)45-30(3,4)5)26(40)36-15-9-13-21(36)25(39)34-20(17-19-11-7-6-8-12-19)24(38)31(32,33)28(43)37-16-10-14-22(37)27(41)42/h6-8,11-12,18,20-23H,9-10,13-17H2,1-5H3,(H,34,39)(H,35,44)(H,41,42)/t20?,21-,22?,23-/m0/s1. The molecule has 248 valence electrons. The van der Waals surface area contributed by atoms with Gasteiger partial charge in [-0.2, -0.15) is 8.78 Å². The molecule has 4 atom stereocenters. The van der Waals surface area contributed by atoms with Crippen LogP contribution in [0.15, 0.2) is 30.3 Å². The zero-order chi connectivity index (χ0) is 33.7. The Hall–Kier alpha value is -4.10. The largest absolute Gasteiger partial charge is 0.480 e. The zero-order valence-electron chi connectivity index (χ0n) is 26.2. The average molecular weight is 637 g/mol. The number of carboxylic acid groups (broad SMARTS) is 1. The van der Waals surface area contributed by atoms with Crippen LogP contribution in [0.3, 0.4) is 0 Å². The van der Waals surface area contributed by atoms with Crippen molar-refractivity contribution in [2.24, 2.45) is 5.92 Å². The lowest BCUT2D eigenvalue weighted by Crippen LogP contribution is -2.60. The van der Waals surface area contributed by atoms with E-state index in [-0.39, 0.29) is 38.8 Å². The molecule has 0 aliphatic carbocycles. The van der Waals surface area contributed by atoms with Crippen molar-refractivity contribution in [1.29, 1.82) is 0 Å². The quantitative estimate of drug-likeness (QED) is 0.312. The predicted molar refractivity (Wildman–Crippen MR) is 157 cm³/mol. The van der Waals surface area contributed by atoms with Crippen molar-refractivity contribution >= 4 is 35.6 Å². The summed E-state index contributed by atoms with van der Waals surface area (Å²) in [6.07, 6.45) is -0.475. The number of hydrogen-bond acceptors (Lipinski definition) is 7. The van der Waals surface area contributed by atoms with Crippen LogP contribution < -0.4 is 10.6 Å². The van der Waals surface area contributed by atoms with E-state index >= 15 is 8.78 Å². The number of halogens is 2. The molecule has 2 unspecified atom stereocenters. The van der Waals surface area contributed by atoms with E-state index in [1.165, 1.54) is 4.90 Å². The Morgan fingerprint density at radius 3 is 2.07 bits per heavy atom. The molecule has 2 aliphatic heterocycles. The van der Waals surface area contributed by atoms with Crippen LogP contribution in [0.1, 0.15) is 65.9 Å². The van der Waals surface area contributed by atoms with Crippen molar-refractivity contribution < 1.29 is 47.4 Å². The number of alkyl halides is 2. The SMILES string of the molecule is CC(C)[C@H](NC(=O)OC(C)(C)C)C(=O)N1CCC[C@H]1C(=O)NC(Cc1ccccc1)C(=O)C(F)(F)C(=O)N1CCCC1C(=O)O. The van der Waals surface area contributed by atoms with Gasteiger partial charge in [0.1, 0.15) is 23.7 Å². The van der Waals surface area contributed by atoms with Gasteiger partial charge in [0.05, 0.1) is 6.04 Å². The molecule has 0 spiro atoms. The summed E-state index contributed by atoms with van der Waals surface area (Å²) in [5.41, 5.74) is -0.401. The zero-order valence-corrected chi connectivity index (χ0v) is 26.2. The first-order valence-corrected chi connectivity index (χ1v) is 15.0. The van der Waals surface area contributed by atoms with Gasteiger partial charge in [0, 0.05) is 19.5 Å². The van der Waals surface area contributed by atoms with Gasteiger partial charge in [-0.15, -0.1) is 0 Å². The molecule has 45 heavy (non-hydrogen) atoms. The number of rotatable bonds is 11. The summed E-state index contributed by atoms with van der Waals surface area (Å²) in [7, 11) is 0. The van der Waals surface area contributed by atoms with E-state index in [2.05, 4.69) is 10.6 Å². The van der Waals surface area contributed by atoms with Crippen LogP contribution in [0.4, 0.5) is 13.6 Å². The van der Waals surface area contributed by atoms with Gasteiger partial charge in [0.2, 0.25) is 17.6 Å². The number of carboxylic acids is 1. The number of amides is 4. The highest BCUT2D eigenvalue weighted by atomic mass is 19.3. The molecule has 2 fully saturated rings. The maximum atomic E-state index is 15.5. The van der Waals surface area contributed by atoms with Gasteiger partial charge in [-0.05, 0) is 57.9 Å². The number of ether oxygens (including phenoxy) is 1. The molecular formula is C31H42F2N4O8. The monoisotopic (exact) mass is 636 g/mol. The highest BCUT2D eigenvalue weighted by Crippen LogP contribution is 2.28. The number of Topliss-reactive ketones (excluding diaryl/α,β-unsaturated/α-hetero) is 1. The first-order valence-electron chi connectivity index (χ1n) is 15.0. The molecule has 14 heteroatoms. The number of hydrogen-bond donors (Lipinski definition) is 3. The second kappa shape index (κ2) is 14.3. The van der Waals surface area contributed by atoms with Crippen LogP contribution in [0.25, 0.3) is 0 Å².